The predicted molar refractivity (Wildman–Crippen MR) is 62.4 cm³/mol. The molecule has 0 aliphatic rings. The SMILES string of the molecule is C=CC(C)(O)CSc1ccccc1N. The maximum absolute atomic E-state index is 9.70. The van der Waals surface area contributed by atoms with Gasteiger partial charge < -0.3 is 10.8 Å². The highest BCUT2D eigenvalue weighted by Crippen LogP contribution is 2.27. The van der Waals surface area contributed by atoms with E-state index in [1.54, 1.807) is 13.0 Å². The summed E-state index contributed by atoms with van der Waals surface area (Å²) in [6.07, 6.45) is 1.54. The molecule has 1 aromatic rings. The number of para-hydroxylation sites is 1. The lowest BCUT2D eigenvalue weighted by molar-refractivity contribution is 0.138. The maximum Gasteiger partial charge on any atom is 0.0890 e. The highest BCUT2D eigenvalue weighted by Gasteiger charge is 2.15. The van der Waals surface area contributed by atoms with Gasteiger partial charge in [-0.25, -0.2) is 0 Å². The maximum atomic E-state index is 9.70. The van der Waals surface area contributed by atoms with Crippen LogP contribution in [0.15, 0.2) is 41.8 Å². The van der Waals surface area contributed by atoms with Crippen LogP contribution in [0.3, 0.4) is 0 Å². The van der Waals surface area contributed by atoms with E-state index in [1.807, 2.05) is 24.3 Å². The van der Waals surface area contributed by atoms with Gasteiger partial charge in [-0.2, -0.15) is 0 Å². The third-order valence-corrected chi connectivity index (χ3v) is 3.29. The first-order chi connectivity index (χ1) is 6.55. The molecule has 0 saturated carbocycles. The van der Waals surface area contributed by atoms with Crippen LogP contribution in [0.5, 0.6) is 0 Å². The minimum Gasteiger partial charge on any atom is -0.398 e. The molecule has 0 spiro atoms. The fourth-order valence-electron chi connectivity index (χ4n) is 0.895. The van der Waals surface area contributed by atoms with Crippen molar-refractivity contribution in [2.24, 2.45) is 0 Å². The highest BCUT2D eigenvalue weighted by molar-refractivity contribution is 7.99. The van der Waals surface area contributed by atoms with Crippen LogP contribution in [0.25, 0.3) is 0 Å². The molecule has 1 atom stereocenters. The van der Waals surface area contributed by atoms with E-state index < -0.39 is 5.60 Å². The van der Waals surface area contributed by atoms with E-state index >= 15 is 0 Å². The number of rotatable bonds is 4. The van der Waals surface area contributed by atoms with Crippen LogP contribution >= 0.6 is 11.8 Å². The molecule has 1 rings (SSSR count). The van der Waals surface area contributed by atoms with Crippen molar-refractivity contribution in [2.45, 2.75) is 17.4 Å². The van der Waals surface area contributed by atoms with E-state index in [1.165, 1.54) is 11.8 Å². The fourth-order valence-corrected chi connectivity index (χ4v) is 1.87. The van der Waals surface area contributed by atoms with Crippen molar-refractivity contribution >= 4 is 17.4 Å². The quantitative estimate of drug-likeness (QED) is 0.454. The highest BCUT2D eigenvalue weighted by atomic mass is 32.2. The summed E-state index contributed by atoms with van der Waals surface area (Å²) in [6, 6.07) is 7.62. The van der Waals surface area contributed by atoms with Gasteiger partial charge in [-0.05, 0) is 19.1 Å². The van der Waals surface area contributed by atoms with E-state index in [4.69, 9.17) is 5.73 Å². The first kappa shape index (κ1) is 11.1. The Kier molecular flexibility index (Phi) is 3.61. The van der Waals surface area contributed by atoms with Crippen LogP contribution in [-0.4, -0.2) is 16.5 Å². The molecular weight excluding hydrogens is 194 g/mol. The molecule has 14 heavy (non-hydrogen) atoms. The number of nitrogens with two attached hydrogens (primary N) is 1. The number of hydrogen-bond acceptors (Lipinski definition) is 3. The summed E-state index contributed by atoms with van der Waals surface area (Å²) >= 11 is 1.53. The Balaban J connectivity index is 2.62. The molecule has 0 aromatic heterocycles. The summed E-state index contributed by atoms with van der Waals surface area (Å²) in [5.41, 5.74) is 5.67. The molecule has 1 unspecified atom stereocenters. The Morgan fingerprint density at radius 3 is 2.79 bits per heavy atom. The van der Waals surface area contributed by atoms with E-state index in [-0.39, 0.29) is 0 Å². The van der Waals surface area contributed by atoms with Crippen molar-refractivity contribution in [1.82, 2.24) is 0 Å². The van der Waals surface area contributed by atoms with Gasteiger partial charge >= 0.3 is 0 Å². The molecule has 0 fully saturated rings. The van der Waals surface area contributed by atoms with Gasteiger partial charge in [0.05, 0.1) is 5.60 Å². The van der Waals surface area contributed by atoms with Crippen molar-refractivity contribution < 1.29 is 5.11 Å². The number of hydrogen-bond donors (Lipinski definition) is 2. The van der Waals surface area contributed by atoms with Crippen molar-refractivity contribution in [3.63, 3.8) is 0 Å². The van der Waals surface area contributed by atoms with Crippen molar-refractivity contribution in [3.05, 3.63) is 36.9 Å². The lowest BCUT2D eigenvalue weighted by Gasteiger charge is -2.17. The van der Waals surface area contributed by atoms with Crippen LogP contribution in [0.1, 0.15) is 6.92 Å². The van der Waals surface area contributed by atoms with Gasteiger partial charge in [-0.15, -0.1) is 18.3 Å². The second-order valence-electron chi connectivity index (χ2n) is 3.39. The van der Waals surface area contributed by atoms with Gasteiger partial charge in [0.2, 0.25) is 0 Å². The third-order valence-electron chi connectivity index (χ3n) is 1.88. The first-order valence-corrected chi connectivity index (χ1v) is 5.37. The molecule has 0 saturated heterocycles. The van der Waals surface area contributed by atoms with Gasteiger partial charge in [0.15, 0.2) is 0 Å². The average Bonchev–Trinajstić information content (AvgIpc) is 2.17. The van der Waals surface area contributed by atoms with Crippen LogP contribution in [0, 0.1) is 0 Å². The minimum atomic E-state index is -0.840. The summed E-state index contributed by atoms with van der Waals surface area (Å²) in [6.45, 7) is 5.30. The predicted octanol–water partition coefficient (Wildman–Crippen LogP) is 2.30. The lowest BCUT2D eigenvalue weighted by Crippen LogP contribution is -2.23. The Labute approximate surface area is 88.8 Å². The molecular formula is C11H15NOS. The fraction of sp³-hybridized carbons (Fsp3) is 0.273. The average molecular weight is 209 g/mol. The number of aliphatic hydroxyl groups is 1. The van der Waals surface area contributed by atoms with E-state index in [0.29, 0.717) is 5.75 Å². The van der Waals surface area contributed by atoms with Crippen molar-refractivity contribution in [1.29, 1.82) is 0 Å². The summed E-state index contributed by atoms with van der Waals surface area (Å²) in [7, 11) is 0. The van der Waals surface area contributed by atoms with Crippen LogP contribution in [0.4, 0.5) is 5.69 Å². The molecule has 0 aliphatic heterocycles. The molecule has 3 N–H and O–H groups in total. The molecule has 1 aromatic carbocycles. The standard InChI is InChI=1S/C11H15NOS/c1-3-11(2,13)8-14-10-7-5-4-6-9(10)12/h3-7,13H,1,8,12H2,2H3. The molecule has 2 nitrogen and oxygen atoms in total. The van der Waals surface area contributed by atoms with E-state index in [2.05, 4.69) is 6.58 Å². The molecule has 0 bridgehead atoms. The van der Waals surface area contributed by atoms with Gasteiger partial charge in [-0.3, -0.25) is 0 Å². The molecule has 76 valence electrons. The lowest BCUT2D eigenvalue weighted by atomic mass is 10.1. The van der Waals surface area contributed by atoms with Crippen molar-refractivity contribution in [3.8, 4) is 0 Å². The summed E-state index contributed by atoms with van der Waals surface area (Å²) in [5.74, 6) is 0.560. The molecule has 0 radical (unpaired) electrons. The molecule has 0 aliphatic carbocycles. The van der Waals surface area contributed by atoms with E-state index in [9.17, 15) is 5.11 Å². The normalized spacial score (nSPS) is 14.7. The Morgan fingerprint density at radius 2 is 2.21 bits per heavy atom. The summed E-state index contributed by atoms with van der Waals surface area (Å²) in [5, 5.41) is 9.70. The smallest absolute Gasteiger partial charge is 0.0890 e. The zero-order chi connectivity index (χ0) is 10.6. The third kappa shape index (κ3) is 3.09. The Morgan fingerprint density at radius 1 is 1.57 bits per heavy atom. The van der Waals surface area contributed by atoms with Crippen molar-refractivity contribution in [2.75, 3.05) is 11.5 Å². The monoisotopic (exact) mass is 209 g/mol. The molecule has 0 heterocycles. The van der Waals surface area contributed by atoms with Crippen LogP contribution in [0.2, 0.25) is 0 Å². The molecule has 3 heteroatoms. The van der Waals surface area contributed by atoms with Gasteiger partial charge in [0.25, 0.3) is 0 Å². The van der Waals surface area contributed by atoms with Gasteiger partial charge in [-0.1, -0.05) is 18.2 Å². The van der Waals surface area contributed by atoms with Gasteiger partial charge in [0.1, 0.15) is 0 Å². The number of thioether (sulfide) groups is 1. The topological polar surface area (TPSA) is 46.2 Å². The van der Waals surface area contributed by atoms with Crippen LogP contribution in [-0.2, 0) is 0 Å². The Hall–Kier alpha value is -0.930. The van der Waals surface area contributed by atoms with Gasteiger partial charge in [0, 0.05) is 16.3 Å². The Bertz CT molecular complexity index is 323. The first-order valence-electron chi connectivity index (χ1n) is 4.38. The van der Waals surface area contributed by atoms with E-state index in [0.717, 1.165) is 10.6 Å². The second-order valence-corrected chi connectivity index (χ2v) is 4.40. The number of anilines is 1. The van der Waals surface area contributed by atoms with Crippen LogP contribution < -0.4 is 5.73 Å². The molecule has 0 amide bonds. The largest absolute Gasteiger partial charge is 0.398 e. The zero-order valence-corrected chi connectivity index (χ0v) is 9.05. The number of benzene rings is 1. The summed E-state index contributed by atoms with van der Waals surface area (Å²) < 4.78 is 0. The second kappa shape index (κ2) is 4.53. The zero-order valence-electron chi connectivity index (χ0n) is 8.23. The minimum absolute atomic E-state index is 0.560. The number of nitrogen functional groups attached to an aromatic ring is 1. The summed E-state index contributed by atoms with van der Waals surface area (Å²) in [4.78, 5) is 0.995.